The SMILES string of the molecule is CC(C)(C)c1ccc(C(Cl)c2cccc(F)c2)cc1. The van der Waals surface area contributed by atoms with E-state index in [4.69, 9.17) is 11.6 Å². The maximum atomic E-state index is 13.2. The maximum absolute atomic E-state index is 13.2. The van der Waals surface area contributed by atoms with E-state index in [0.717, 1.165) is 11.1 Å². The fourth-order valence-electron chi connectivity index (χ4n) is 2.01. The van der Waals surface area contributed by atoms with Crippen molar-refractivity contribution in [3.8, 4) is 0 Å². The monoisotopic (exact) mass is 276 g/mol. The van der Waals surface area contributed by atoms with Gasteiger partial charge in [-0.25, -0.2) is 4.39 Å². The molecular formula is C17H18ClF. The Balaban J connectivity index is 2.27. The predicted molar refractivity (Wildman–Crippen MR) is 79.2 cm³/mol. The van der Waals surface area contributed by atoms with Crippen molar-refractivity contribution >= 4 is 11.6 Å². The molecule has 0 aliphatic heterocycles. The quantitative estimate of drug-likeness (QED) is 0.640. The van der Waals surface area contributed by atoms with Crippen molar-refractivity contribution < 1.29 is 4.39 Å². The van der Waals surface area contributed by atoms with Crippen molar-refractivity contribution in [2.75, 3.05) is 0 Å². The molecule has 2 aromatic carbocycles. The van der Waals surface area contributed by atoms with Gasteiger partial charge in [-0.05, 0) is 34.2 Å². The number of hydrogen-bond acceptors (Lipinski definition) is 0. The lowest BCUT2D eigenvalue weighted by Crippen LogP contribution is -2.10. The highest BCUT2D eigenvalue weighted by molar-refractivity contribution is 6.22. The molecule has 0 heterocycles. The Bertz CT molecular complexity index is 552. The summed E-state index contributed by atoms with van der Waals surface area (Å²) in [6.07, 6.45) is 0. The molecule has 0 nitrogen and oxygen atoms in total. The molecule has 0 amide bonds. The summed E-state index contributed by atoms with van der Waals surface area (Å²) < 4.78 is 13.2. The lowest BCUT2D eigenvalue weighted by Gasteiger charge is -2.20. The van der Waals surface area contributed by atoms with E-state index in [2.05, 4.69) is 32.9 Å². The van der Waals surface area contributed by atoms with E-state index in [0.29, 0.717) is 0 Å². The first-order chi connectivity index (χ1) is 8.88. The topological polar surface area (TPSA) is 0 Å². The van der Waals surface area contributed by atoms with Crippen LogP contribution in [0, 0.1) is 5.82 Å². The average Bonchev–Trinajstić information content (AvgIpc) is 2.37. The smallest absolute Gasteiger partial charge is 0.123 e. The Morgan fingerprint density at radius 2 is 1.58 bits per heavy atom. The third-order valence-corrected chi connectivity index (χ3v) is 3.71. The van der Waals surface area contributed by atoms with E-state index < -0.39 is 0 Å². The second kappa shape index (κ2) is 5.34. The van der Waals surface area contributed by atoms with Crippen LogP contribution >= 0.6 is 11.6 Å². The number of hydrogen-bond donors (Lipinski definition) is 0. The molecule has 1 atom stereocenters. The molecule has 2 rings (SSSR count). The molecule has 0 aliphatic rings. The summed E-state index contributed by atoms with van der Waals surface area (Å²) in [6, 6.07) is 14.6. The van der Waals surface area contributed by atoms with Crippen molar-refractivity contribution in [1.82, 2.24) is 0 Å². The minimum Gasteiger partial charge on any atom is -0.207 e. The zero-order chi connectivity index (χ0) is 14.0. The van der Waals surface area contributed by atoms with Gasteiger partial charge in [0.25, 0.3) is 0 Å². The molecule has 0 aliphatic carbocycles. The van der Waals surface area contributed by atoms with Crippen molar-refractivity contribution in [3.05, 3.63) is 71.0 Å². The molecular weight excluding hydrogens is 259 g/mol. The minimum atomic E-state index is -0.315. The molecule has 0 saturated heterocycles. The maximum Gasteiger partial charge on any atom is 0.123 e. The van der Waals surface area contributed by atoms with Crippen LogP contribution in [0.1, 0.15) is 42.8 Å². The van der Waals surface area contributed by atoms with E-state index in [1.165, 1.54) is 17.7 Å². The highest BCUT2D eigenvalue weighted by atomic mass is 35.5. The average molecular weight is 277 g/mol. The molecule has 2 aromatic rings. The van der Waals surface area contributed by atoms with Gasteiger partial charge in [-0.1, -0.05) is 57.2 Å². The fourth-order valence-corrected chi connectivity index (χ4v) is 2.29. The van der Waals surface area contributed by atoms with Crippen molar-refractivity contribution in [3.63, 3.8) is 0 Å². The van der Waals surface area contributed by atoms with E-state index in [-0.39, 0.29) is 16.6 Å². The first-order valence-electron chi connectivity index (χ1n) is 6.38. The molecule has 0 radical (unpaired) electrons. The highest BCUT2D eigenvalue weighted by Gasteiger charge is 2.15. The van der Waals surface area contributed by atoms with Gasteiger partial charge < -0.3 is 0 Å². The van der Waals surface area contributed by atoms with Gasteiger partial charge in [0.1, 0.15) is 5.82 Å². The molecule has 0 bridgehead atoms. The lowest BCUT2D eigenvalue weighted by atomic mass is 9.86. The van der Waals surface area contributed by atoms with Crippen LogP contribution in [-0.2, 0) is 5.41 Å². The molecule has 2 heteroatoms. The molecule has 0 spiro atoms. The molecule has 0 aromatic heterocycles. The number of halogens is 2. The highest BCUT2D eigenvalue weighted by Crippen LogP contribution is 2.31. The molecule has 100 valence electrons. The van der Waals surface area contributed by atoms with Crippen LogP contribution in [-0.4, -0.2) is 0 Å². The number of benzene rings is 2. The number of alkyl halides is 1. The third-order valence-electron chi connectivity index (χ3n) is 3.21. The zero-order valence-corrected chi connectivity index (χ0v) is 12.2. The standard InChI is InChI=1S/C17H18ClF/c1-17(2,3)14-9-7-12(8-10-14)16(18)13-5-4-6-15(19)11-13/h4-11,16H,1-3H3. The van der Waals surface area contributed by atoms with Gasteiger partial charge in [0, 0.05) is 0 Å². The van der Waals surface area contributed by atoms with Crippen molar-refractivity contribution in [1.29, 1.82) is 0 Å². The molecule has 19 heavy (non-hydrogen) atoms. The summed E-state index contributed by atoms with van der Waals surface area (Å²) in [5.41, 5.74) is 3.16. The lowest BCUT2D eigenvalue weighted by molar-refractivity contribution is 0.590. The molecule has 0 fully saturated rings. The summed E-state index contributed by atoms with van der Waals surface area (Å²) in [7, 11) is 0. The Morgan fingerprint density at radius 1 is 0.947 bits per heavy atom. The van der Waals surface area contributed by atoms with Crippen LogP contribution in [0.25, 0.3) is 0 Å². The van der Waals surface area contributed by atoms with Crippen LogP contribution in [0.15, 0.2) is 48.5 Å². The Labute approximate surface area is 119 Å². The van der Waals surface area contributed by atoms with Gasteiger partial charge >= 0.3 is 0 Å². The normalized spacial score (nSPS) is 13.3. The van der Waals surface area contributed by atoms with Gasteiger partial charge in [0.15, 0.2) is 0 Å². The summed E-state index contributed by atoms with van der Waals surface area (Å²) in [4.78, 5) is 0. The summed E-state index contributed by atoms with van der Waals surface area (Å²) in [6.45, 7) is 6.52. The van der Waals surface area contributed by atoms with Gasteiger partial charge in [-0.3, -0.25) is 0 Å². The molecule has 1 unspecified atom stereocenters. The van der Waals surface area contributed by atoms with E-state index in [9.17, 15) is 4.39 Å². The Morgan fingerprint density at radius 3 is 2.11 bits per heavy atom. The first kappa shape index (κ1) is 14.1. The second-order valence-corrected chi connectivity index (χ2v) is 6.23. The Kier molecular flexibility index (Phi) is 3.96. The van der Waals surface area contributed by atoms with E-state index in [1.807, 2.05) is 18.2 Å². The van der Waals surface area contributed by atoms with Crippen LogP contribution in [0.3, 0.4) is 0 Å². The predicted octanol–water partition coefficient (Wildman–Crippen LogP) is 5.45. The first-order valence-corrected chi connectivity index (χ1v) is 6.81. The molecule has 0 N–H and O–H groups in total. The van der Waals surface area contributed by atoms with Crippen LogP contribution in [0.2, 0.25) is 0 Å². The summed E-state index contributed by atoms with van der Waals surface area (Å²) in [5.74, 6) is -0.255. The van der Waals surface area contributed by atoms with Gasteiger partial charge in [0.05, 0.1) is 5.38 Å². The van der Waals surface area contributed by atoms with Crippen LogP contribution < -0.4 is 0 Å². The fraction of sp³-hybridized carbons (Fsp3) is 0.294. The van der Waals surface area contributed by atoms with E-state index in [1.54, 1.807) is 6.07 Å². The number of rotatable bonds is 2. The van der Waals surface area contributed by atoms with Crippen LogP contribution in [0.5, 0.6) is 0 Å². The summed E-state index contributed by atoms with van der Waals surface area (Å²) >= 11 is 6.40. The zero-order valence-electron chi connectivity index (χ0n) is 11.5. The van der Waals surface area contributed by atoms with E-state index >= 15 is 0 Å². The summed E-state index contributed by atoms with van der Waals surface area (Å²) in [5, 5.41) is -0.315. The largest absolute Gasteiger partial charge is 0.207 e. The minimum absolute atomic E-state index is 0.124. The third kappa shape index (κ3) is 3.36. The Hall–Kier alpha value is -1.34. The second-order valence-electron chi connectivity index (χ2n) is 5.79. The van der Waals surface area contributed by atoms with Crippen molar-refractivity contribution in [2.24, 2.45) is 0 Å². The van der Waals surface area contributed by atoms with Gasteiger partial charge in [-0.2, -0.15) is 0 Å². The van der Waals surface area contributed by atoms with Gasteiger partial charge in [0.2, 0.25) is 0 Å². The van der Waals surface area contributed by atoms with Crippen molar-refractivity contribution in [2.45, 2.75) is 31.6 Å². The van der Waals surface area contributed by atoms with Gasteiger partial charge in [-0.15, -0.1) is 11.6 Å². The molecule has 0 saturated carbocycles. The van der Waals surface area contributed by atoms with Crippen LogP contribution in [0.4, 0.5) is 4.39 Å².